The molecular weight excluding hydrogens is 344 g/mol. The first kappa shape index (κ1) is 17.0. The lowest BCUT2D eigenvalue weighted by Crippen LogP contribution is -2.17. The van der Waals surface area contributed by atoms with Gasteiger partial charge in [-0.2, -0.15) is 5.10 Å². The maximum Gasteiger partial charge on any atom is 0.271 e. The third-order valence-electron chi connectivity index (χ3n) is 4.84. The van der Waals surface area contributed by atoms with E-state index in [0.717, 1.165) is 23.7 Å². The van der Waals surface area contributed by atoms with Crippen molar-refractivity contribution in [2.24, 2.45) is 5.10 Å². The van der Waals surface area contributed by atoms with E-state index in [-0.39, 0.29) is 11.6 Å². The predicted molar refractivity (Wildman–Crippen MR) is 103 cm³/mol. The van der Waals surface area contributed by atoms with E-state index in [1.54, 1.807) is 18.2 Å². The number of benzene rings is 2. The van der Waals surface area contributed by atoms with Crippen LogP contribution in [0.1, 0.15) is 40.0 Å². The van der Waals surface area contributed by atoms with Crippen molar-refractivity contribution in [3.63, 3.8) is 0 Å². The number of hydrazone groups is 1. The van der Waals surface area contributed by atoms with Gasteiger partial charge < -0.3 is 4.98 Å². The first-order valence-electron chi connectivity index (χ1n) is 8.83. The number of non-ortho nitro benzene ring substituents is 1. The van der Waals surface area contributed by atoms with Crippen LogP contribution in [0, 0.1) is 10.1 Å². The van der Waals surface area contributed by atoms with E-state index in [9.17, 15) is 14.9 Å². The summed E-state index contributed by atoms with van der Waals surface area (Å²) in [5.41, 5.74) is 7.40. The number of rotatable bonds is 4. The molecule has 0 unspecified atom stereocenters. The highest BCUT2D eigenvalue weighted by Gasteiger charge is 2.16. The Kier molecular flexibility index (Phi) is 4.42. The molecule has 7 nitrogen and oxygen atoms in total. The van der Waals surface area contributed by atoms with Crippen LogP contribution in [0.5, 0.6) is 0 Å². The summed E-state index contributed by atoms with van der Waals surface area (Å²) in [6.07, 6.45) is 5.93. The number of hydrogen-bond acceptors (Lipinski definition) is 4. The zero-order valence-corrected chi connectivity index (χ0v) is 14.6. The number of nitro groups is 1. The molecule has 0 saturated heterocycles. The van der Waals surface area contributed by atoms with E-state index in [1.165, 1.54) is 42.4 Å². The van der Waals surface area contributed by atoms with E-state index in [0.29, 0.717) is 11.1 Å². The fraction of sp³-hybridized carbons (Fsp3) is 0.200. The van der Waals surface area contributed by atoms with Gasteiger partial charge in [0.2, 0.25) is 0 Å². The number of aromatic nitrogens is 1. The minimum atomic E-state index is -0.460. The number of carbonyl (C=O) groups is 1. The largest absolute Gasteiger partial charge is 0.358 e. The zero-order chi connectivity index (χ0) is 18.8. The summed E-state index contributed by atoms with van der Waals surface area (Å²) >= 11 is 0. The first-order valence-corrected chi connectivity index (χ1v) is 8.83. The SMILES string of the molecule is O=C(N/N=C/c1ccc([N+](=O)[O-])cc1)c1ccc2[nH]c3c(c2c1)CCCC3. The van der Waals surface area contributed by atoms with Crippen LogP contribution < -0.4 is 5.43 Å². The number of aryl methyl sites for hydroxylation is 2. The summed E-state index contributed by atoms with van der Waals surface area (Å²) in [6.45, 7) is 0. The van der Waals surface area contributed by atoms with Gasteiger partial charge in [0.1, 0.15) is 0 Å². The molecule has 0 aliphatic heterocycles. The summed E-state index contributed by atoms with van der Waals surface area (Å²) in [7, 11) is 0. The first-order chi connectivity index (χ1) is 13.1. The third kappa shape index (κ3) is 3.44. The fourth-order valence-electron chi connectivity index (χ4n) is 3.46. The topological polar surface area (TPSA) is 100 Å². The van der Waals surface area contributed by atoms with Crippen molar-refractivity contribution in [2.45, 2.75) is 25.7 Å². The van der Waals surface area contributed by atoms with Crippen LogP contribution in [0.25, 0.3) is 10.9 Å². The highest BCUT2D eigenvalue weighted by atomic mass is 16.6. The van der Waals surface area contributed by atoms with Gasteiger partial charge in [-0.3, -0.25) is 14.9 Å². The number of fused-ring (bicyclic) bond motifs is 3. The molecule has 0 radical (unpaired) electrons. The number of hydrogen-bond donors (Lipinski definition) is 2. The van der Waals surface area contributed by atoms with Crippen molar-refractivity contribution in [3.05, 3.63) is 75.0 Å². The number of nitrogens with one attached hydrogen (secondary N) is 2. The number of nitrogens with zero attached hydrogens (tertiary/aromatic N) is 2. The molecule has 0 spiro atoms. The van der Waals surface area contributed by atoms with Crippen LogP contribution in [0.4, 0.5) is 5.69 Å². The highest BCUT2D eigenvalue weighted by molar-refractivity contribution is 5.99. The minimum Gasteiger partial charge on any atom is -0.358 e. The smallest absolute Gasteiger partial charge is 0.271 e. The zero-order valence-electron chi connectivity index (χ0n) is 14.6. The lowest BCUT2D eigenvalue weighted by atomic mass is 9.95. The van der Waals surface area contributed by atoms with Gasteiger partial charge in [-0.25, -0.2) is 5.43 Å². The average molecular weight is 362 g/mol. The Morgan fingerprint density at radius 3 is 2.70 bits per heavy atom. The standard InChI is InChI=1S/C20H18N4O3/c25-20(23-21-12-13-5-8-15(9-6-13)24(26)27)14-7-10-19-17(11-14)16-3-1-2-4-18(16)22-19/h5-12,22H,1-4H2,(H,23,25)/b21-12+. The molecule has 7 heteroatoms. The Morgan fingerprint density at radius 2 is 1.93 bits per heavy atom. The predicted octanol–water partition coefficient (Wildman–Crippen LogP) is 3.72. The van der Waals surface area contributed by atoms with E-state index in [1.807, 2.05) is 12.1 Å². The normalized spacial score (nSPS) is 13.6. The fourth-order valence-corrected chi connectivity index (χ4v) is 3.46. The van der Waals surface area contributed by atoms with E-state index >= 15 is 0 Å². The third-order valence-corrected chi connectivity index (χ3v) is 4.84. The van der Waals surface area contributed by atoms with Gasteiger partial charge in [0, 0.05) is 34.3 Å². The Morgan fingerprint density at radius 1 is 1.15 bits per heavy atom. The molecule has 0 bridgehead atoms. The van der Waals surface area contributed by atoms with Crippen LogP contribution in [0.2, 0.25) is 0 Å². The summed E-state index contributed by atoms with van der Waals surface area (Å²) in [4.78, 5) is 26.0. The quantitative estimate of drug-likeness (QED) is 0.420. The van der Waals surface area contributed by atoms with Crippen molar-refractivity contribution in [1.29, 1.82) is 0 Å². The summed E-state index contributed by atoms with van der Waals surface area (Å²) < 4.78 is 0. The molecular formula is C20H18N4O3. The second-order valence-corrected chi connectivity index (χ2v) is 6.60. The van der Waals surface area contributed by atoms with E-state index in [2.05, 4.69) is 15.5 Å². The molecule has 1 amide bonds. The lowest BCUT2D eigenvalue weighted by molar-refractivity contribution is -0.384. The molecule has 4 rings (SSSR count). The molecule has 0 saturated carbocycles. The number of carbonyl (C=O) groups excluding carboxylic acids is 1. The van der Waals surface area contributed by atoms with Gasteiger partial charge in [-0.1, -0.05) is 0 Å². The molecule has 136 valence electrons. The maximum atomic E-state index is 12.4. The van der Waals surface area contributed by atoms with Gasteiger partial charge in [0.05, 0.1) is 11.1 Å². The van der Waals surface area contributed by atoms with E-state index < -0.39 is 4.92 Å². The monoisotopic (exact) mass is 362 g/mol. The van der Waals surface area contributed by atoms with Crippen LogP contribution in [0.3, 0.4) is 0 Å². The Balaban J connectivity index is 1.48. The molecule has 1 heterocycles. The number of aromatic amines is 1. The Labute approximate surface area is 155 Å². The molecule has 0 atom stereocenters. The van der Waals surface area contributed by atoms with Gasteiger partial charge in [0.15, 0.2) is 0 Å². The van der Waals surface area contributed by atoms with Crippen molar-refractivity contribution >= 4 is 28.7 Å². The molecule has 1 aromatic heterocycles. The van der Waals surface area contributed by atoms with Crippen molar-refractivity contribution in [3.8, 4) is 0 Å². The molecule has 2 aromatic carbocycles. The second-order valence-electron chi connectivity index (χ2n) is 6.60. The molecule has 2 N–H and O–H groups in total. The second kappa shape index (κ2) is 7.03. The Hall–Kier alpha value is -3.48. The average Bonchev–Trinajstić information content (AvgIpc) is 3.06. The summed E-state index contributed by atoms with van der Waals surface area (Å²) in [5.74, 6) is -0.291. The van der Waals surface area contributed by atoms with E-state index in [4.69, 9.17) is 0 Å². The molecule has 0 fully saturated rings. The van der Waals surface area contributed by atoms with Crippen LogP contribution in [-0.4, -0.2) is 22.0 Å². The number of nitro benzene ring substituents is 1. The van der Waals surface area contributed by atoms with Gasteiger partial charge in [-0.15, -0.1) is 0 Å². The molecule has 3 aromatic rings. The Bertz CT molecular complexity index is 1050. The van der Waals surface area contributed by atoms with Crippen LogP contribution >= 0.6 is 0 Å². The van der Waals surface area contributed by atoms with Crippen LogP contribution in [-0.2, 0) is 12.8 Å². The summed E-state index contributed by atoms with van der Waals surface area (Å²) in [6, 6.07) is 11.6. The lowest BCUT2D eigenvalue weighted by Gasteiger charge is -2.10. The van der Waals surface area contributed by atoms with Crippen molar-refractivity contribution in [1.82, 2.24) is 10.4 Å². The minimum absolute atomic E-state index is 0.0133. The van der Waals surface area contributed by atoms with Crippen molar-refractivity contribution in [2.75, 3.05) is 0 Å². The molecule has 1 aliphatic rings. The highest BCUT2D eigenvalue weighted by Crippen LogP contribution is 2.29. The van der Waals surface area contributed by atoms with Crippen LogP contribution in [0.15, 0.2) is 47.6 Å². The maximum absolute atomic E-state index is 12.4. The molecule has 27 heavy (non-hydrogen) atoms. The van der Waals surface area contributed by atoms with Gasteiger partial charge in [0.25, 0.3) is 11.6 Å². The molecule has 1 aliphatic carbocycles. The van der Waals surface area contributed by atoms with Gasteiger partial charge in [-0.05, 0) is 67.1 Å². The number of H-pyrrole nitrogens is 1. The van der Waals surface area contributed by atoms with Crippen molar-refractivity contribution < 1.29 is 9.72 Å². The summed E-state index contributed by atoms with van der Waals surface area (Å²) in [5, 5.41) is 15.7. The number of amides is 1. The van der Waals surface area contributed by atoms with Gasteiger partial charge >= 0.3 is 0 Å².